The third-order valence-corrected chi connectivity index (χ3v) is 8.46. The Morgan fingerprint density at radius 2 is 1.77 bits per heavy atom. The summed E-state index contributed by atoms with van der Waals surface area (Å²) in [5, 5.41) is 9.68. The van der Waals surface area contributed by atoms with Gasteiger partial charge in [-0.1, -0.05) is 6.07 Å². The second-order valence-electron chi connectivity index (χ2n) is 9.71. The molecule has 1 aromatic rings. The van der Waals surface area contributed by atoms with Gasteiger partial charge in [0.15, 0.2) is 0 Å². The lowest BCUT2D eigenvalue weighted by atomic mass is 9.76. The highest BCUT2D eigenvalue weighted by Crippen LogP contribution is 2.43. The topological polar surface area (TPSA) is 64.1 Å². The van der Waals surface area contributed by atoms with Crippen LogP contribution in [0.5, 0.6) is 0 Å². The van der Waals surface area contributed by atoms with Gasteiger partial charge in [0.25, 0.3) is 0 Å². The first-order chi connectivity index (χ1) is 14.5. The van der Waals surface area contributed by atoms with Crippen LogP contribution in [0.2, 0.25) is 0 Å². The number of amides is 1. The molecule has 1 aromatic carbocycles. The Hall–Kier alpha value is -2.08. The van der Waals surface area contributed by atoms with Crippen molar-refractivity contribution in [3.63, 3.8) is 0 Å². The van der Waals surface area contributed by atoms with E-state index in [1.807, 2.05) is 0 Å². The predicted octanol–water partition coefficient (Wildman–Crippen LogP) is 2.54. The van der Waals surface area contributed by atoms with Gasteiger partial charge in [-0.05, 0) is 68.2 Å². The lowest BCUT2D eigenvalue weighted by molar-refractivity contribution is -0.146. The fraction of sp³-hybridized carbons (Fsp3) is 0.667. The smallest absolute Gasteiger partial charge is 0.309 e. The van der Waals surface area contributed by atoms with E-state index in [1.54, 1.807) is 17.5 Å². The summed E-state index contributed by atoms with van der Waals surface area (Å²) in [4.78, 5) is 30.9. The van der Waals surface area contributed by atoms with Gasteiger partial charge < -0.3 is 19.8 Å². The summed E-state index contributed by atoms with van der Waals surface area (Å²) in [6.45, 7) is 3.96. The number of anilines is 1. The Morgan fingerprint density at radius 1 is 1.07 bits per heavy atom. The molecule has 1 atom stereocenters. The molecule has 3 fully saturated rings. The van der Waals surface area contributed by atoms with E-state index in [4.69, 9.17) is 0 Å². The predicted molar refractivity (Wildman–Crippen MR) is 116 cm³/mol. The van der Waals surface area contributed by atoms with Crippen LogP contribution in [-0.2, 0) is 22.4 Å². The third kappa shape index (κ3) is 3.20. The molecule has 3 heterocycles. The van der Waals surface area contributed by atoms with Crippen molar-refractivity contribution in [2.75, 3.05) is 38.1 Å². The summed E-state index contributed by atoms with van der Waals surface area (Å²) in [7, 11) is 1.80. The number of aryl methyl sites for hydroxylation is 2. The Bertz CT molecular complexity index is 838. The first-order valence-corrected chi connectivity index (χ1v) is 11.6. The molecule has 6 heteroatoms. The molecule has 0 saturated carbocycles. The number of hydrogen-bond donors (Lipinski definition) is 1. The molecule has 0 aromatic heterocycles. The van der Waals surface area contributed by atoms with Crippen molar-refractivity contribution in [1.82, 2.24) is 9.80 Å². The number of nitrogens with zero attached hydrogens (tertiary/aromatic N) is 3. The molecule has 3 aliphatic heterocycles. The summed E-state index contributed by atoms with van der Waals surface area (Å²) in [6.07, 6.45) is 7.77. The van der Waals surface area contributed by atoms with Crippen LogP contribution in [0, 0.1) is 5.92 Å². The van der Waals surface area contributed by atoms with E-state index in [-0.39, 0.29) is 12.3 Å². The number of carbonyl (C=O) groups excluding carboxylic acids is 1. The maximum atomic E-state index is 12.2. The van der Waals surface area contributed by atoms with E-state index >= 15 is 0 Å². The maximum Gasteiger partial charge on any atom is 0.309 e. The number of fused-ring (bicyclic) bond motifs is 1. The van der Waals surface area contributed by atoms with E-state index in [0.29, 0.717) is 6.04 Å². The molecular formula is C24H33N3O3. The zero-order valence-electron chi connectivity index (χ0n) is 18.0. The fourth-order valence-electron chi connectivity index (χ4n) is 6.51. The number of piperidine rings is 2. The van der Waals surface area contributed by atoms with Crippen molar-refractivity contribution >= 4 is 17.6 Å². The Kier molecular flexibility index (Phi) is 5.00. The Morgan fingerprint density at radius 3 is 2.47 bits per heavy atom. The van der Waals surface area contributed by atoms with Crippen LogP contribution in [0.1, 0.15) is 49.7 Å². The number of carbonyl (C=O) groups is 2. The second kappa shape index (κ2) is 7.56. The second-order valence-corrected chi connectivity index (χ2v) is 9.71. The largest absolute Gasteiger partial charge is 0.481 e. The van der Waals surface area contributed by atoms with Gasteiger partial charge in [-0.25, -0.2) is 0 Å². The average molecular weight is 412 g/mol. The van der Waals surface area contributed by atoms with Crippen LogP contribution in [0.4, 0.5) is 5.69 Å². The van der Waals surface area contributed by atoms with Gasteiger partial charge in [0.2, 0.25) is 5.91 Å². The number of benzene rings is 1. The molecule has 1 unspecified atom stereocenters. The standard InChI is InChI=1S/C24H33N3O3/c1-25-22(28)16-21(23(29)30)24(25)9-13-27(14-10-24)19-7-11-26(12-8-19)20-6-5-17-3-2-4-18(17)15-20/h5-6,15,19,21H,2-4,7-14,16H2,1H3,(H,29,30). The quantitative estimate of drug-likeness (QED) is 0.828. The minimum absolute atomic E-state index is 0.0153. The Balaban J connectivity index is 1.19. The number of carboxylic acids is 1. The van der Waals surface area contributed by atoms with Crippen molar-refractivity contribution < 1.29 is 14.7 Å². The van der Waals surface area contributed by atoms with Gasteiger partial charge in [-0.3, -0.25) is 9.59 Å². The van der Waals surface area contributed by atoms with Gasteiger partial charge in [0.1, 0.15) is 0 Å². The lowest BCUT2D eigenvalue weighted by Crippen LogP contribution is -2.58. The van der Waals surface area contributed by atoms with E-state index in [0.717, 1.165) is 51.9 Å². The summed E-state index contributed by atoms with van der Waals surface area (Å²) in [5.74, 6) is -1.39. The number of aliphatic carboxylic acids is 1. The van der Waals surface area contributed by atoms with Crippen LogP contribution < -0.4 is 4.90 Å². The van der Waals surface area contributed by atoms with Crippen molar-refractivity contribution in [2.24, 2.45) is 5.92 Å². The van der Waals surface area contributed by atoms with Gasteiger partial charge in [0.05, 0.1) is 11.5 Å². The summed E-state index contributed by atoms with van der Waals surface area (Å²) >= 11 is 0. The van der Waals surface area contributed by atoms with Crippen molar-refractivity contribution in [2.45, 2.75) is 62.9 Å². The minimum atomic E-state index is -0.816. The molecule has 1 aliphatic carbocycles. The molecule has 1 N–H and O–H groups in total. The molecule has 1 spiro atoms. The van der Waals surface area contributed by atoms with E-state index < -0.39 is 17.4 Å². The van der Waals surface area contributed by atoms with Gasteiger partial charge in [-0.2, -0.15) is 0 Å². The normalized spacial score (nSPS) is 27.1. The molecule has 6 nitrogen and oxygen atoms in total. The van der Waals surface area contributed by atoms with Crippen LogP contribution in [0.3, 0.4) is 0 Å². The Labute approximate surface area is 178 Å². The molecule has 0 bridgehead atoms. The molecule has 5 rings (SSSR count). The fourth-order valence-corrected chi connectivity index (χ4v) is 6.51. The SMILES string of the molecule is CN1C(=O)CC(C(=O)O)C12CCN(C1CCN(c3ccc4c(c3)CCC4)CC1)CC2. The van der Waals surface area contributed by atoms with Gasteiger partial charge in [0, 0.05) is 51.4 Å². The van der Waals surface area contributed by atoms with Gasteiger partial charge in [-0.15, -0.1) is 0 Å². The van der Waals surface area contributed by atoms with Crippen LogP contribution in [0.15, 0.2) is 18.2 Å². The highest BCUT2D eigenvalue weighted by atomic mass is 16.4. The third-order valence-electron chi connectivity index (χ3n) is 8.46. The van der Waals surface area contributed by atoms with Crippen LogP contribution >= 0.6 is 0 Å². The number of carboxylic acid groups (broad SMARTS) is 1. The first kappa shape index (κ1) is 19.9. The lowest BCUT2D eigenvalue weighted by Gasteiger charge is -2.48. The molecule has 162 valence electrons. The average Bonchev–Trinajstić information content (AvgIpc) is 3.33. The summed E-state index contributed by atoms with van der Waals surface area (Å²) < 4.78 is 0. The van der Waals surface area contributed by atoms with Crippen molar-refractivity contribution in [3.05, 3.63) is 29.3 Å². The number of rotatable bonds is 3. The molecule has 30 heavy (non-hydrogen) atoms. The number of hydrogen-bond acceptors (Lipinski definition) is 4. The van der Waals surface area contributed by atoms with Crippen molar-refractivity contribution in [3.8, 4) is 0 Å². The summed E-state index contributed by atoms with van der Waals surface area (Å²) in [5.41, 5.74) is 3.97. The molecule has 1 amide bonds. The van der Waals surface area contributed by atoms with Crippen molar-refractivity contribution in [1.29, 1.82) is 0 Å². The highest BCUT2D eigenvalue weighted by molar-refractivity contribution is 5.88. The van der Waals surface area contributed by atoms with Crippen LogP contribution in [0.25, 0.3) is 0 Å². The molecular weight excluding hydrogens is 378 g/mol. The maximum absolute atomic E-state index is 12.2. The molecule has 0 radical (unpaired) electrons. The van der Waals surface area contributed by atoms with E-state index in [1.165, 1.54) is 30.5 Å². The minimum Gasteiger partial charge on any atom is -0.481 e. The van der Waals surface area contributed by atoms with E-state index in [9.17, 15) is 14.7 Å². The van der Waals surface area contributed by atoms with Gasteiger partial charge >= 0.3 is 5.97 Å². The number of likely N-dealkylation sites (tertiary alicyclic amines) is 2. The monoisotopic (exact) mass is 411 g/mol. The zero-order valence-corrected chi connectivity index (χ0v) is 18.0. The van der Waals surface area contributed by atoms with Crippen LogP contribution in [-0.4, -0.2) is 71.6 Å². The highest BCUT2D eigenvalue weighted by Gasteiger charge is 2.55. The zero-order chi connectivity index (χ0) is 20.9. The first-order valence-electron chi connectivity index (χ1n) is 11.6. The molecule has 4 aliphatic rings. The van der Waals surface area contributed by atoms with E-state index in [2.05, 4.69) is 28.0 Å². The summed E-state index contributed by atoms with van der Waals surface area (Å²) in [6, 6.07) is 7.60. The molecule has 3 saturated heterocycles.